The molecule has 140 valence electrons. The van der Waals surface area contributed by atoms with Gasteiger partial charge in [-0.1, -0.05) is 28.1 Å². The van der Waals surface area contributed by atoms with E-state index in [1.807, 2.05) is 31.2 Å². The summed E-state index contributed by atoms with van der Waals surface area (Å²) < 4.78 is 30.5. The van der Waals surface area contributed by atoms with Crippen molar-refractivity contribution in [1.29, 1.82) is 0 Å². The zero-order valence-corrected chi connectivity index (χ0v) is 17.2. The zero-order valence-electron chi connectivity index (χ0n) is 14.8. The summed E-state index contributed by atoms with van der Waals surface area (Å²) in [7, 11) is -1.80. The van der Waals surface area contributed by atoms with Crippen LogP contribution in [-0.2, 0) is 21.4 Å². The van der Waals surface area contributed by atoms with E-state index in [1.54, 1.807) is 18.2 Å². The third kappa shape index (κ3) is 6.12. The number of rotatable bonds is 7. The summed E-state index contributed by atoms with van der Waals surface area (Å²) >= 11 is 3.41. The standard InChI is InChI=1S/C18H21BrN2O4S/c1-13(14-5-4-6-15(19)11-14)20-18(22)10-9-16-7-8-17(25-16)12-21(2)26(3,23)24/h4-11,13H,12H2,1-3H3,(H,20,22)/b10-9+. The van der Waals surface area contributed by atoms with Gasteiger partial charge in [0.1, 0.15) is 11.5 Å². The summed E-state index contributed by atoms with van der Waals surface area (Å²) in [6, 6.07) is 11.0. The molecule has 1 unspecified atom stereocenters. The molecular formula is C18H21BrN2O4S. The first kappa shape index (κ1) is 20.4. The van der Waals surface area contributed by atoms with Crippen molar-refractivity contribution in [3.8, 4) is 0 Å². The van der Waals surface area contributed by atoms with Crippen molar-refractivity contribution in [2.45, 2.75) is 19.5 Å². The van der Waals surface area contributed by atoms with Crippen LogP contribution in [0.15, 0.2) is 51.4 Å². The minimum absolute atomic E-state index is 0.138. The predicted molar refractivity (Wildman–Crippen MR) is 105 cm³/mol. The molecule has 0 aliphatic rings. The molecule has 6 nitrogen and oxygen atoms in total. The first-order valence-electron chi connectivity index (χ1n) is 7.89. The van der Waals surface area contributed by atoms with Crippen LogP contribution in [0, 0.1) is 0 Å². The summed E-state index contributed by atoms with van der Waals surface area (Å²) in [5.74, 6) is 0.733. The molecule has 0 fully saturated rings. The first-order valence-corrected chi connectivity index (χ1v) is 10.5. The van der Waals surface area contributed by atoms with Crippen LogP contribution in [-0.4, -0.2) is 31.9 Å². The van der Waals surface area contributed by atoms with Crippen molar-refractivity contribution in [3.63, 3.8) is 0 Å². The number of sulfonamides is 1. The van der Waals surface area contributed by atoms with Crippen molar-refractivity contribution in [1.82, 2.24) is 9.62 Å². The van der Waals surface area contributed by atoms with Crippen LogP contribution in [0.3, 0.4) is 0 Å². The SMILES string of the molecule is CC(NC(=O)/C=C/c1ccc(CN(C)S(C)(=O)=O)o1)c1cccc(Br)c1. The molecule has 26 heavy (non-hydrogen) atoms. The zero-order chi connectivity index (χ0) is 19.3. The molecule has 0 spiro atoms. The molecule has 1 atom stereocenters. The lowest BCUT2D eigenvalue weighted by molar-refractivity contribution is -0.117. The summed E-state index contributed by atoms with van der Waals surface area (Å²) in [4.78, 5) is 12.1. The van der Waals surface area contributed by atoms with Gasteiger partial charge in [-0.05, 0) is 42.8 Å². The topological polar surface area (TPSA) is 79.6 Å². The van der Waals surface area contributed by atoms with E-state index < -0.39 is 10.0 Å². The predicted octanol–water partition coefficient (Wildman–Crippen LogP) is 3.32. The minimum atomic E-state index is -3.27. The molecule has 0 radical (unpaired) electrons. The summed E-state index contributed by atoms with van der Waals surface area (Å²) in [5, 5.41) is 2.88. The Hall–Kier alpha value is -1.90. The second-order valence-corrected chi connectivity index (χ2v) is 8.95. The number of furan rings is 1. The number of benzene rings is 1. The Morgan fingerprint density at radius 3 is 2.73 bits per heavy atom. The molecule has 0 aliphatic carbocycles. The second kappa shape index (κ2) is 8.66. The fourth-order valence-electron chi connectivity index (χ4n) is 2.18. The lowest BCUT2D eigenvalue weighted by atomic mass is 10.1. The highest BCUT2D eigenvalue weighted by molar-refractivity contribution is 9.10. The van der Waals surface area contributed by atoms with Gasteiger partial charge in [0.05, 0.1) is 18.8 Å². The summed E-state index contributed by atoms with van der Waals surface area (Å²) in [5.41, 5.74) is 0.991. The molecule has 1 amide bonds. The van der Waals surface area contributed by atoms with E-state index in [0.29, 0.717) is 11.5 Å². The minimum Gasteiger partial charge on any atom is -0.460 e. The molecule has 0 saturated heterocycles. The molecule has 8 heteroatoms. The Balaban J connectivity index is 1.94. The lowest BCUT2D eigenvalue weighted by Gasteiger charge is -2.13. The number of carbonyl (C=O) groups is 1. The van der Waals surface area contributed by atoms with Crippen molar-refractivity contribution in [2.75, 3.05) is 13.3 Å². The largest absolute Gasteiger partial charge is 0.460 e. The average molecular weight is 441 g/mol. The number of hydrogen-bond donors (Lipinski definition) is 1. The molecule has 0 aliphatic heterocycles. The maximum absolute atomic E-state index is 12.1. The summed E-state index contributed by atoms with van der Waals surface area (Å²) in [6.45, 7) is 2.04. The van der Waals surface area contributed by atoms with Gasteiger partial charge in [0.2, 0.25) is 15.9 Å². The van der Waals surface area contributed by atoms with Gasteiger partial charge in [0, 0.05) is 17.6 Å². The Bertz CT molecular complexity index is 905. The van der Waals surface area contributed by atoms with Crippen LogP contribution in [0.25, 0.3) is 6.08 Å². The van der Waals surface area contributed by atoms with E-state index in [1.165, 1.54) is 17.4 Å². The summed E-state index contributed by atoms with van der Waals surface area (Å²) in [6.07, 6.45) is 4.07. The van der Waals surface area contributed by atoms with E-state index in [9.17, 15) is 13.2 Å². The van der Waals surface area contributed by atoms with E-state index in [-0.39, 0.29) is 18.5 Å². The monoisotopic (exact) mass is 440 g/mol. The van der Waals surface area contributed by atoms with Crippen molar-refractivity contribution < 1.29 is 17.6 Å². The van der Waals surface area contributed by atoms with E-state index in [0.717, 1.165) is 16.3 Å². The van der Waals surface area contributed by atoms with Crippen LogP contribution in [0.5, 0.6) is 0 Å². The molecule has 0 saturated carbocycles. The number of hydrogen-bond acceptors (Lipinski definition) is 4. The lowest BCUT2D eigenvalue weighted by Crippen LogP contribution is -2.24. The third-order valence-electron chi connectivity index (χ3n) is 3.73. The normalized spacial score (nSPS) is 13.3. The Kier molecular flexibility index (Phi) is 6.80. The van der Waals surface area contributed by atoms with Crippen LogP contribution in [0.1, 0.15) is 30.0 Å². The third-order valence-corrected chi connectivity index (χ3v) is 5.49. The molecule has 1 aromatic heterocycles. The highest BCUT2D eigenvalue weighted by Crippen LogP contribution is 2.18. The van der Waals surface area contributed by atoms with Gasteiger partial charge < -0.3 is 9.73 Å². The Morgan fingerprint density at radius 1 is 1.35 bits per heavy atom. The van der Waals surface area contributed by atoms with Gasteiger partial charge in [0.15, 0.2) is 0 Å². The first-order chi connectivity index (χ1) is 12.1. The second-order valence-electron chi connectivity index (χ2n) is 5.94. The van der Waals surface area contributed by atoms with Gasteiger partial charge in [-0.3, -0.25) is 4.79 Å². The van der Waals surface area contributed by atoms with Gasteiger partial charge in [-0.25, -0.2) is 8.42 Å². The van der Waals surface area contributed by atoms with E-state index >= 15 is 0 Å². The van der Waals surface area contributed by atoms with Crippen molar-refractivity contribution in [3.05, 3.63) is 64.0 Å². The fraction of sp³-hybridized carbons (Fsp3) is 0.278. The maximum Gasteiger partial charge on any atom is 0.244 e. The highest BCUT2D eigenvalue weighted by atomic mass is 79.9. The molecule has 2 rings (SSSR count). The van der Waals surface area contributed by atoms with Crippen LogP contribution in [0.4, 0.5) is 0 Å². The maximum atomic E-state index is 12.1. The van der Waals surface area contributed by atoms with Gasteiger partial charge >= 0.3 is 0 Å². The Morgan fingerprint density at radius 2 is 2.08 bits per heavy atom. The van der Waals surface area contributed by atoms with E-state index in [4.69, 9.17) is 4.42 Å². The Labute approximate surface area is 162 Å². The quantitative estimate of drug-likeness (QED) is 0.669. The number of nitrogens with zero attached hydrogens (tertiary/aromatic N) is 1. The number of halogens is 1. The number of amides is 1. The molecule has 2 aromatic rings. The molecule has 1 heterocycles. The number of nitrogens with one attached hydrogen (secondary N) is 1. The van der Waals surface area contributed by atoms with Crippen LogP contribution >= 0.6 is 15.9 Å². The highest BCUT2D eigenvalue weighted by Gasteiger charge is 2.13. The van der Waals surface area contributed by atoms with Crippen molar-refractivity contribution >= 4 is 37.9 Å². The molecule has 1 N–H and O–H groups in total. The fourth-order valence-corrected chi connectivity index (χ4v) is 2.96. The van der Waals surface area contributed by atoms with Gasteiger partial charge in [-0.15, -0.1) is 0 Å². The molecule has 0 bridgehead atoms. The van der Waals surface area contributed by atoms with Crippen molar-refractivity contribution in [2.24, 2.45) is 0 Å². The van der Waals surface area contributed by atoms with Crippen LogP contribution in [0.2, 0.25) is 0 Å². The molecular weight excluding hydrogens is 420 g/mol. The van der Waals surface area contributed by atoms with E-state index in [2.05, 4.69) is 21.2 Å². The van der Waals surface area contributed by atoms with Gasteiger partial charge in [0.25, 0.3) is 0 Å². The smallest absolute Gasteiger partial charge is 0.244 e. The van der Waals surface area contributed by atoms with Gasteiger partial charge in [-0.2, -0.15) is 4.31 Å². The van der Waals surface area contributed by atoms with Crippen LogP contribution < -0.4 is 5.32 Å². The average Bonchev–Trinajstić information content (AvgIpc) is 2.99. The molecule has 1 aromatic carbocycles. The number of carbonyl (C=O) groups excluding carboxylic acids is 1.